The molecule has 1 nitrogen and oxygen atoms in total. The predicted octanol–water partition coefficient (Wildman–Crippen LogP) is 14.0. The van der Waals surface area contributed by atoms with Crippen LogP contribution < -0.4 is 0 Å². The van der Waals surface area contributed by atoms with E-state index in [2.05, 4.69) is 125 Å². The normalized spacial score (nSPS) is 19.2. The smallest absolute Gasteiger partial charge is 0.169 e. The Morgan fingerprint density at radius 1 is 0.490 bits per heavy atom. The van der Waals surface area contributed by atoms with Gasteiger partial charge < -0.3 is 0 Å². The maximum absolute atomic E-state index is 15.9. The van der Waals surface area contributed by atoms with Gasteiger partial charge in [0, 0.05) is 0 Å². The lowest BCUT2D eigenvalue weighted by atomic mass is 9.58. The summed E-state index contributed by atoms with van der Waals surface area (Å²) >= 11 is 0. The number of hydrogen-bond acceptors (Lipinski definition) is 1. The van der Waals surface area contributed by atoms with Gasteiger partial charge in [0.1, 0.15) is 16.1 Å². The summed E-state index contributed by atoms with van der Waals surface area (Å²) in [5.41, 5.74) is 9.47. The Labute approximate surface area is 318 Å². The number of carbonyl (C=O) groups is 1. The molecule has 1 fully saturated rings. The van der Waals surface area contributed by atoms with Gasteiger partial charge >= 0.3 is 0 Å². The van der Waals surface area contributed by atoms with Crippen LogP contribution in [-0.2, 0) is 17.6 Å². The molecule has 51 heavy (non-hydrogen) atoms. The van der Waals surface area contributed by atoms with Crippen molar-refractivity contribution in [1.82, 2.24) is 0 Å². The van der Waals surface area contributed by atoms with Gasteiger partial charge in [-0.05, 0) is 79.5 Å². The molecule has 3 rings (SSSR count). The van der Waals surface area contributed by atoms with Crippen molar-refractivity contribution >= 4 is 21.9 Å². The molecule has 0 heterocycles. The lowest BCUT2D eigenvalue weighted by Gasteiger charge is -2.42. The van der Waals surface area contributed by atoms with E-state index in [1.165, 1.54) is 124 Å². The zero-order chi connectivity index (χ0) is 36.9. The Balaban J connectivity index is 2.30. The molecular weight excluding hydrogens is 649 g/mol. The van der Waals surface area contributed by atoms with Gasteiger partial charge in [0.2, 0.25) is 0 Å². The Kier molecular flexibility index (Phi) is 19.1. The molecule has 0 radical (unpaired) electrons. The minimum absolute atomic E-state index is 0.350. The zero-order valence-corrected chi connectivity index (χ0v) is 35.9. The van der Waals surface area contributed by atoms with Crippen molar-refractivity contribution in [2.24, 2.45) is 10.8 Å². The average Bonchev–Trinajstić information content (AvgIpc) is 3.16. The molecule has 3 heteroatoms. The number of hydrogen-bond donors (Lipinski definition) is 0. The van der Waals surface area contributed by atoms with Crippen molar-refractivity contribution in [2.45, 2.75) is 187 Å². The molecule has 1 saturated carbocycles. The first kappa shape index (κ1) is 43.1. The number of carbonyl (C=O) groups excluding carboxylic acids is 1. The minimum Gasteiger partial charge on any atom is -0.296 e. The standard InChI is InChI=1S/C48H74OSi2/c1-7-13-34-50(35-14-8-2,36-15-9-3)40-32-47(42-44-26-21-19-22-27-44)30-25-31-48(46(47)49,43-45-28-23-20-24-29-45)33-41-51(37-16-10-4,38-17-11-5)39-18-12-6/h19-24,26-29H,7-18,25,30-31,34-39,42-43H2,1-6H3/t47-,48-/m1/s1. The van der Waals surface area contributed by atoms with Crippen molar-refractivity contribution in [3.8, 4) is 22.9 Å². The Morgan fingerprint density at radius 3 is 1.06 bits per heavy atom. The molecule has 0 saturated heterocycles. The first-order chi connectivity index (χ1) is 24.8. The summed E-state index contributed by atoms with van der Waals surface area (Å²) in [6.07, 6.45) is 19.0. The largest absolute Gasteiger partial charge is 0.296 e. The van der Waals surface area contributed by atoms with E-state index in [9.17, 15) is 0 Å². The zero-order valence-electron chi connectivity index (χ0n) is 33.9. The molecule has 0 unspecified atom stereocenters. The van der Waals surface area contributed by atoms with Gasteiger partial charge in [-0.1, -0.05) is 191 Å². The molecule has 280 valence electrons. The Hall–Kier alpha value is -2.34. The third kappa shape index (κ3) is 12.9. The quantitative estimate of drug-likeness (QED) is 0.0873. The number of rotatable bonds is 22. The number of Topliss-reactive ketones (excluding diaryl/α,β-unsaturated/α-hetero) is 1. The number of ketones is 1. The lowest BCUT2D eigenvalue weighted by Crippen LogP contribution is -2.49. The maximum Gasteiger partial charge on any atom is 0.169 e. The highest BCUT2D eigenvalue weighted by Crippen LogP contribution is 2.47. The van der Waals surface area contributed by atoms with Gasteiger partial charge in [-0.3, -0.25) is 4.79 Å². The second-order valence-electron chi connectivity index (χ2n) is 16.4. The summed E-state index contributed by atoms with van der Waals surface area (Å²) < 4.78 is 0. The summed E-state index contributed by atoms with van der Waals surface area (Å²) in [6, 6.07) is 29.3. The highest BCUT2D eigenvalue weighted by atomic mass is 28.3. The highest BCUT2D eigenvalue weighted by Gasteiger charge is 2.52. The molecule has 1 aliphatic rings. The van der Waals surface area contributed by atoms with E-state index in [1.807, 2.05) is 0 Å². The minimum atomic E-state index is -1.89. The van der Waals surface area contributed by atoms with E-state index >= 15 is 4.79 Å². The Morgan fingerprint density at radius 2 is 0.784 bits per heavy atom. The van der Waals surface area contributed by atoms with Crippen LogP contribution in [0, 0.1) is 33.8 Å². The highest BCUT2D eigenvalue weighted by molar-refractivity contribution is 6.87. The first-order valence-corrected chi connectivity index (χ1v) is 26.8. The van der Waals surface area contributed by atoms with Crippen molar-refractivity contribution in [3.63, 3.8) is 0 Å². The molecular formula is C48H74OSi2. The molecule has 2 atom stereocenters. The van der Waals surface area contributed by atoms with Gasteiger partial charge in [-0.25, -0.2) is 0 Å². The van der Waals surface area contributed by atoms with Gasteiger partial charge in [0.15, 0.2) is 5.78 Å². The molecule has 2 aromatic rings. The van der Waals surface area contributed by atoms with Crippen LogP contribution in [-0.4, -0.2) is 21.9 Å². The predicted molar refractivity (Wildman–Crippen MR) is 229 cm³/mol. The van der Waals surface area contributed by atoms with E-state index in [-0.39, 0.29) is 0 Å². The topological polar surface area (TPSA) is 17.1 Å². The second-order valence-corrected chi connectivity index (χ2v) is 25.0. The van der Waals surface area contributed by atoms with Crippen LogP contribution in [0.1, 0.15) is 149 Å². The second kappa shape index (κ2) is 22.7. The van der Waals surface area contributed by atoms with E-state index in [0.717, 1.165) is 19.3 Å². The van der Waals surface area contributed by atoms with Crippen LogP contribution in [0.15, 0.2) is 60.7 Å². The molecule has 2 aromatic carbocycles. The summed E-state index contributed by atoms with van der Waals surface area (Å²) in [4.78, 5) is 15.9. The Bertz CT molecular complexity index is 1240. The fourth-order valence-corrected chi connectivity index (χ4v) is 18.1. The number of benzene rings is 2. The molecule has 0 spiro atoms. The van der Waals surface area contributed by atoms with Crippen molar-refractivity contribution in [3.05, 3.63) is 71.8 Å². The fraction of sp³-hybridized carbons (Fsp3) is 0.646. The van der Waals surface area contributed by atoms with Crippen LogP contribution in [0.5, 0.6) is 0 Å². The lowest BCUT2D eigenvalue weighted by molar-refractivity contribution is -0.136. The molecule has 0 aromatic heterocycles. The van der Waals surface area contributed by atoms with Crippen LogP contribution in [0.2, 0.25) is 36.3 Å². The average molecular weight is 723 g/mol. The van der Waals surface area contributed by atoms with Gasteiger partial charge in [-0.15, -0.1) is 11.1 Å². The molecule has 0 amide bonds. The summed E-state index contributed by atoms with van der Waals surface area (Å²) in [7, 11) is -3.79. The third-order valence-electron chi connectivity index (χ3n) is 12.0. The van der Waals surface area contributed by atoms with Crippen LogP contribution in [0.25, 0.3) is 0 Å². The van der Waals surface area contributed by atoms with Gasteiger partial charge in [0.25, 0.3) is 0 Å². The molecule has 0 aliphatic heterocycles. The first-order valence-electron chi connectivity index (χ1n) is 21.5. The number of unbranched alkanes of at least 4 members (excludes halogenated alkanes) is 6. The molecule has 1 aliphatic carbocycles. The van der Waals surface area contributed by atoms with Crippen LogP contribution in [0.3, 0.4) is 0 Å². The summed E-state index contributed by atoms with van der Waals surface area (Å²) in [5.74, 6) is 8.44. The summed E-state index contributed by atoms with van der Waals surface area (Å²) in [5, 5.41) is 0. The van der Waals surface area contributed by atoms with Crippen LogP contribution >= 0.6 is 0 Å². The van der Waals surface area contributed by atoms with Crippen molar-refractivity contribution in [1.29, 1.82) is 0 Å². The van der Waals surface area contributed by atoms with E-state index in [1.54, 1.807) is 0 Å². The van der Waals surface area contributed by atoms with E-state index in [4.69, 9.17) is 0 Å². The van der Waals surface area contributed by atoms with Crippen LogP contribution in [0.4, 0.5) is 0 Å². The van der Waals surface area contributed by atoms with Crippen molar-refractivity contribution < 1.29 is 4.79 Å². The summed E-state index contributed by atoms with van der Waals surface area (Å²) in [6.45, 7) is 14.0. The monoisotopic (exact) mass is 723 g/mol. The van der Waals surface area contributed by atoms with E-state index in [0.29, 0.717) is 18.6 Å². The van der Waals surface area contributed by atoms with Gasteiger partial charge in [-0.2, -0.15) is 0 Å². The maximum atomic E-state index is 15.9. The fourth-order valence-electron chi connectivity index (χ4n) is 8.65. The third-order valence-corrected chi connectivity index (χ3v) is 21.1. The molecule has 0 bridgehead atoms. The van der Waals surface area contributed by atoms with E-state index < -0.39 is 27.0 Å². The van der Waals surface area contributed by atoms with Crippen molar-refractivity contribution in [2.75, 3.05) is 0 Å². The molecule has 0 N–H and O–H groups in total. The van der Waals surface area contributed by atoms with Gasteiger partial charge in [0.05, 0.1) is 10.8 Å². The SMILES string of the molecule is CCCC[Si](C#C[C@@]1(Cc2ccccc2)CCC[C@@](C#C[Si](CCCC)(CCCC)CCCC)(Cc2ccccc2)C1=O)(CCCC)CCCC.